The van der Waals surface area contributed by atoms with Crippen LogP contribution >= 0.6 is 0 Å². The minimum atomic E-state index is -0.362. The summed E-state index contributed by atoms with van der Waals surface area (Å²) in [6.45, 7) is 1.68. The molecule has 0 radical (unpaired) electrons. The molecule has 2 heterocycles. The van der Waals surface area contributed by atoms with E-state index in [0.29, 0.717) is 33.5 Å². The van der Waals surface area contributed by atoms with Crippen LogP contribution in [0.25, 0.3) is 22.3 Å². The quantitative estimate of drug-likeness (QED) is 0.591. The zero-order chi connectivity index (χ0) is 19.0. The van der Waals surface area contributed by atoms with Gasteiger partial charge >= 0.3 is 0 Å². The number of nitrogens with one attached hydrogen (secondary N) is 1. The van der Waals surface area contributed by atoms with Gasteiger partial charge in [0.1, 0.15) is 5.82 Å². The maximum Gasteiger partial charge on any atom is 0.256 e. The van der Waals surface area contributed by atoms with Gasteiger partial charge in [0.05, 0.1) is 22.8 Å². The Morgan fingerprint density at radius 1 is 1.11 bits per heavy atom. The zero-order valence-corrected chi connectivity index (χ0v) is 14.9. The molecule has 0 aliphatic carbocycles. The van der Waals surface area contributed by atoms with E-state index >= 15 is 0 Å². The number of amides is 1. The van der Waals surface area contributed by atoms with Crippen molar-refractivity contribution in [3.05, 3.63) is 77.7 Å². The van der Waals surface area contributed by atoms with E-state index in [4.69, 9.17) is 0 Å². The number of aryl methyl sites for hydroxylation is 2. The Morgan fingerprint density at radius 3 is 2.63 bits per heavy atom. The summed E-state index contributed by atoms with van der Waals surface area (Å²) in [5.74, 6) is -0.699. The summed E-state index contributed by atoms with van der Waals surface area (Å²) >= 11 is 0. The van der Waals surface area contributed by atoms with Crippen molar-refractivity contribution in [3.63, 3.8) is 0 Å². The first-order valence-corrected chi connectivity index (χ1v) is 8.48. The summed E-state index contributed by atoms with van der Waals surface area (Å²) in [5, 5.41) is 7.62. The number of anilines is 1. The van der Waals surface area contributed by atoms with Crippen LogP contribution in [0.4, 0.5) is 10.1 Å². The maximum absolute atomic E-state index is 13.8. The Kier molecular flexibility index (Phi) is 4.16. The number of rotatable bonds is 3. The molecule has 0 fully saturated rings. The van der Waals surface area contributed by atoms with Gasteiger partial charge in [-0.15, -0.1) is 0 Å². The van der Waals surface area contributed by atoms with Crippen LogP contribution in [0.15, 0.2) is 60.8 Å². The van der Waals surface area contributed by atoms with Gasteiger partial charge in [-0.3, -0.25) is 9.48 Å². The Bertz CT molecular complexity index is 1150. The van der Waals surface area contributed by atoms with Gasteiger partial charge in [0.15, 0.2) is 5.65 Å². The van der Waals surface area contributed by atoms with Gasteiger partial charge in [-0.05, 0) is 30.7 Å². The molecular formula is C21H17FN4O. The topological polar surface area (TPSA) is 59.8 Å². The predicted molar refractivity (Wildman–Crippen MR) is 103 cm³/mol. The van der Waals surface area contributed by atoms with E-state index in [9.17, 15) is 9.18 Å². The second kappa shape index (κ2) is 6.64. The van der Waals surface area contributed by atoms with Gasteiger partial charge < -0.3 is 5.32 Å². The fourth-order valence-electron chi connectivity index (χ4n) is 2.93. The lowest BCUT2D eigenvalue weighted by Gasteiger charge is -2.09. The van der Waals surface area contributed by atoms with Crippen molar-refractivity contribution in [1.29, 1.82) is 0 Å². The number of fused-ring (bicyclic) bond motifs is 1. The summed E-state index contributed by atoms with van der Waals surface area (Å²) in [7, 11) is 1.78. The third-order valence-corrected chi connectivity index (χ3v) is 4.45. The molecule has 4 rings (SSSR count). The molecular weight excluding hydrogens is 343 g/mol. The largest absolute Gasteiger partial charge is 0.322 e. The van der Waals surface area contributed by atoms with Crippen LogP contribution in [0.1, 0.15) is 15.9 Å². The molecule has 2 aromatic carbocycles. The number of halogens is 1. The molecule has 5 nitrogen and oxygen atoms in total. The molecule has 134 valence electrons. The Labute approximate surface area is 155 Å². The van der Waals surface area contributed by atoms with Crippen molar-refractivity contribution in [3.8, 4) is 11.3 Å². The van der Waals surface area contributed by atoms with E-state index in [-0.39, 0.29) is 11.7 Å². The minimum Gasteiger partial charge on any atom is -0.322 e. The van der Waals surface area contributed by atoms with Gasteiger partial charge in [-0.1, -0.05) is 36.4 Å². The Balaban J connectivity index is 1.80. The van der Waals surface area contributed by atoms with E-state index in [1.54, 1.807) is 43.0 Å². The van der Waals surface area contributed by atoms with Crippen molar-refractivity contribution in [2.45, 2.75) is 6.92 Å². The maximum atomic E-state index is 13.8. The Morgan fingerprint density at radius 2 is 1.89 bits per heavy atom. The summed E-state index contributed by atoms with van der Waals surface area (Å²) in [6.07, 6.45) is 1.61. The zero-order valence-electron chi connectivity index (χ0n) is 14.9. The highest BCUT2D eigenvalue weighted by Crippen LogP contribution is 2.25. The molecule has 0 saturated carbocycles. The number of hydrogen-bond donors (Lipinski definition) is 1. The number of carbonyl (C=O) groups is 1. The molecule has 0 atom stereocenters. The Hall–Kier alpha value is -3.54. The number of aromatic nitrogens is 3. The SMILES string of the molecule is Cc1ccc(NC(=O)c2cc(-c3ccccc3)nc3c2cnn3C)cc1F. The third-order valence-electron chi connectivity index (χ3n) is 4.45. The monoisotopic (exact) mass is 360 g/mol. The van der Waals surface area contributed by atoms with E-state index in [1.807, 2.05) is 30.3 Å². The van der Waals surface area contributed by atoms with Gasteiger partial charge in [0.2, 0.25) is 0 Å². The first-order chi connectivity index (χ1) is 13.0. The molecule has 2 aromatic heterocycles. The molecule has 0 bridgehead atoms. The van der Waals surface area contributed by atoms with Crippen LogP contribution in [-0.2, 0) is 7.05 Å². The molecule has 6 heteroatoms. The average molecular weight is 360 g/mol. The van der Waals surface area contributed by atoms with E-state index in [0.717, 1.165) is 5.56 Å². The van der Waals surface area contributed by atoms with Crippen LogP contribution in [0.5, 0.6) is 0 Å². The van der Waals surface area contributed by atoms with Gasteiger partial charge in [0.25, 0.3) is 5.91 Å². The number of nitrogens with zero attached hydrogens (tertiary/aromatic N) is 3. The minimum absolute atomic E-state index is 0.337. The molecule has 27 heavy (non-hydrogen) atoms. The molecule has 0 aliphatic heterocycles. The lowest BCUT2D eigenvalue weighted by Crippen LogP contribution is -2.13. The van der Waals surface area contributed by atoms with Gasteiger partial charge in [0, 0.05) is 18.3 Å². The number of hydrogen-bond acceptors (Lipinski definition) is 3. The van der Waals surface area contributed by atoms with Crippen molar-refractivity contribution in [2.24, 2.45) is 7.05 Å². The number of carbonyl (C=O) groups excluding carboxylic acids is 1. The van der Waals surface area contributed by atoms with E-state index in [2.05, 4.69) is 15.4 Å². The molecule has 0 unspecified atom stereocenters. The lowest BCUT2D eigenvalue weighted by molar-refractivity contribution is 0.102. The molecule has 1 amide bonds. The highest BCUT2D eigenvalue weighted by atomic mass is 19.1. The summed E-state index contributed by atoms with van der Waals surface area (Å²) in [6, 6.07) is 16.0. The number of pyridine rings is 1. The second-order valence-electron chi connectivity index (χ2n) is 6.34. The fraction of sp³-hybridized carbons (Fsp3) is 0.0952. The summed E-state index contributed by atoms with van der Waals surface area (Å²) < 4.78 is 15.4. The third kappa shape index (κ3) is 3.17. The highest BCUT2D eigenvalue weighted by Gasteiger charge is 2.17. The van der Waals surface area contributed by atoms with Crippen molar-refractivity contribution in [2.75, 3.05) is 5.32 Å². The van der Waals surface area contributed by atoms with Crippen LogP contribution in [-0.4, -0.2) is 20.7 Å². The fourth-order valence-corrected chi connectivity index (χ4v) is 2.93. The van der Waals surface area contributed by atoms with Gasteiger partial charge in [-0.25, -0.2) is 9.37 Å². The second-order valence-corrected chi connectivity index (χ2v) is 6.34. The normalized spacial score (nSPS) is 10.9. The summed E-state index contributed by atoms with van der Waals surface area (Å²) in [4.78, 5) is 17.6. The smallest absolute Gasteiger partial charge is 0.256 e. The molecule has 0 saturated heterocycles. The molecule has 4 aromatic rings. The standard InChI is InChI=1S/C21H17FN4O/c1-13-8-9-15(10-18(13)22)24-21(27)16-11-19(14-6-4-3-5-7-14)25-20-17(16)12-23-26(20)2/h3-12H,1-2H3,(H,24,27). The van der Waals surface area contributed by atoms with E-state index in [1.165, 1.54) is 6.07 Å². The average Bonchev–Trinajstić information content (AvgIpc) is 3.06. The van der Waals surface area contributed by atoms with Crippen molar-refractivity contribution in [1.82, 2.24) is 14.8 Å². The summed E-state index contributed by atoms with van der Waals surface area (Å²) in [5.41, 5.74) is 3.55. The van der Waals surface area contributed by atoms with Crippen LogP contribution in [0.3, 0.4) is 0 Å². The lowest BCUT2D eigenvalue weighted by atomic mass is 10.1. The van der Waals surface area contributed by atoms with Crippen LogP contribution in [0, 0.1) is 12.7 Å². The molecule has 1 N–H and O–H groups in total. The van der Waals surface area contributed by atoms with Crippen molar-refractivity contribution >= 4 is 22.6 Å². The van der Waals surface area contributed by atoms with Crippen molar-refractivity contribution < 1.29 is 9.18 Å². The first kappa shape index (κ1) is 16.9. The van der Waals surface area contributed by atoms with Crippen LogP contribution < -0.4 is 5.32 Å². The first-order valence-electron chi connectivity index (χ1n) is 8.48. The van der Waals surface area contributed by atoms with E-state index < -0.39 is 0 Å². The molecule has 0 aliphatic rings. The molecule has 0 spiro atoms. The predicted octanol–water partition coefficient (Wildman–Crippen LogP) is 4.34. The van der Waals surface area contributed by atoms with Crippen LogP contribution in [0.2, 0.25) is 0 Å². The van der Waals surface area contributed by atoms with Gasteiger partial charge in [-0.2, -0.15) is 5.10 Å². The highest BCUT2D eigenvalue weighted by molar-refractivity contribution is 6.12. The number of benzene rings is 2.